The predicted molar refractivity (Wildman–Crippen MR) is 83.2 cm³/mol. The fourth-order valence-electron chi connectivity index (χ4n) is 2.27. The summed E-state index contributed by atoms with van der Waals surface area (Å²) < 4.78 is 0. The van der Waals surface area contributed by atoms with Gasteiger partial charge in [-0.3, -0.25) is 0 Å². The van der Waals surface area contributed by atoms with Crippen LogP contribution in [0.4, 0.5) is 0 Å². The van der Waals surface area contributed by atoms with Crippen LogP contribution in [0.5, 0.6) is 0 Å². The molecule has 100 valence electrons. The summed E-state index contributed by atoms with van der Waals surface area (Å²) >= 11 is 9.79. The molecule has 1 unspecified atom stereocenters. The van der Waals surface area contributed by atoms with Crippen molar-refractivity contribution in [1.29, 1.82) is 0 Å². The zero-order chi connectivity index (χ0) is 13.2. The Labute approximate surface area is 126 Å². The van der Waals surface area contributed by atoms with Gasteiger partial charge in [-0.1, -0.05) is 11.6 Å². The number of hydrogen-bond donors (Lipinski definition) is 1. The molecule has 0 radical (unpaired) electrons. The average Bonchev–Trinajstić information content (AvgIpc) is 2.82. The van der Waals surface area contributed by atoms with Gasteiger partial charge in [0.25, 0.3) is 0 Å². The molecular weight excluding hydrogens is 296 g/mol. The van der Waals surface area contributed by atoms with E-state index in [0.29, 0.717) is 6.04 Å². The SMILES string of the molecule is Cc1cnc(CNC2CCSc3ccc(Cl)cc32)s1. The molecule has 1 atom stereocenters. The average molecular weight is 311 g/mol. The Hall–Kier alpha value is -0.550. The van der Waals surface area contributed by atoms with Crippen LogP contribution in [0.2, 0.25) is 5.02 Å². The third-order valence-corrected chi connectivity index (χ3v) is 5.45. The summed E-state index contributed by atoms with van der Waals surface area (Å²) in [7, 11) is 0. The lowest BCUT2D eigenvalue weighted by Crippen LogP contribution is -2.24. The van der Waals surface area contributed by atoms with Gasteiger partial charge in [0.05, 0.1) is 0 Å². The van der Waals surface area contributed by atoms with Crippen LogP contribution in [0.25, 0.3) is 0 Å². The van der Waals surface area contributed by atoms with Gasteiger partial charge in [0.2, 0.25) is 0 Å². The molecule has 0 spiro atoms. The number of halogens is 1. The Morgan fingerprint density at radius 2 is 2.37 bits per heavy atom. The fraction of sp³-hybridized carbons (Fsp3) is 0.357. The second-order valence-corrected chi connectivity index (χ2v) is 7.51. The molecular formula is C14H15ClN2S2. The largest absolute Gasteiger partial charge is 0.303 e. The van der Waals surface area contributed by atoms with E-state index in [1.54, 1.807) is 11.3 Å². The van der Waals surface area contributed by atoms with Gasteiger partial charge in [-0.2, -0.15) is 0 Å². The van der Waals surface area contributed by atoms with E-state index in [9.17, 15) is 0 Å². The molecule has 3 rings (SSSR count). The molecule has 0 fully saturated rings. The molecule has 0 saturated heterocycles. The number of nitrogens with zero attached hydrogens (tertiary/aromatic N) is 1. The van der Waals surface area contributed by atoms with Crippen LogP contribution in [-0.2, 0) is 6.54 Å². The van der Waals surface area contributed by atoms with Crippen molar-refractivity contribution >= 4 is 34.7 Å². The lowest BCUT2D eigenvalue weighted by molar-refractivity contribution is 0.509. The van der Waals surface area contributed by atoms with Crippen molar-refractivity contribution in [1.82, 2.24) is 10.3 Å². The van der Waals surface area contributed by atoms with E-state index in [0.717, 1.165) is 28.7 Å². The number of rotatable bonds is 3. The number of thioether (sulfide) groups is 1. The number of benzene rings is 1. The minimum atomic E-state index is 0.388. The van der Waals surface area contributed by atoms with Crippen molar-refractivity contribution in [2.75, 3.05) is 5.75 Å². The summed E-state index contributed by atoms with van der Waals surface area (Å²) in [4.78, 5) is 7.01. The summed E-state index contributed by atoms with van der Waals surface area (Å²) in [6.07, 6.45) is 3.07. The fourth-order valence-corrected chi connectivity index (χ4v) is 4.30. The van der Waals surface area contributed by atoms with Crippen molar-refractivity contribution in [3.05, 3.63) is 44.9 Å². The van der Waals surface area contributed by atoms with E-state index in [2.05, 4.69) is 29.4 Å². The molecule has 2 aromatic rings. The molecule has 1 aromatic heterocycles. The van der Waals surface area contributed by atoms with Gasteiger partial charge in [0.1, 0.15) is 5.01 Å². The molecule has 1 aromatic carbocycles. The number of nitrogens with one attached hydrogen (secondary N) is 1. The van der Waals surface area contributed by atoms with Crippen molar-refractivity contribution in [2.24, 2.45) is 0 Å². The highest BCUT2D eigenvalue weighted by molar-refractivity contribution is 7.99. The minimum Gasteiger partial charge on any atom is -0.303 e. The van der Waals surface area contributed by atoms with Gasteiger partial charge in [-0.25, -0.2) is 4.98 Å². The lowest BCUT2D eigenvalue weighted by Gasteiger charge is -2.26. The van der Waals surface area contributed by atoms with E-state index in [-0.39, 0.29) is 0 Å². The molecule has 2 heterocycles. The van der Waals surface area contributed by atoms with E-state index >= 15 is 0 Å². The summed E-state index contributed by atoms with van der Waals surface area (Å²) in [6.45, 7) is 2.92. The molecule has 1 N–H and O–H groups in total. The first-order valence-corrected chi connectivity index (χ1v) is 8.47. The standard InChI is InChI=1S/C14H15ClN2S2/c1-9-7-17-14(19-9)8-16-12-4-5-18-13-3-2-10(15)6-11(12)13/h2-3,6-7,12,16H,4-5,8H2,1H3. The Bertz CT molecular complexity index is 583. The zero-order valence-corrected chi connectivity index (χ0v) is 13.0. The third kappa shape index (κ3) is 3.14. The second kappa shape index (κ2) is 5.83. The number of aryl methyl sites for hydroxylation is 1. The number of thiazole rings is 1. The van der Waals surface area contributed by atoms with E-state index in [4.69, 9.17) is 11.6 Å². The molecule has 0 amide bonds. The van der Waals surface area contributed by atoms with Crippen LogP contribution >= 0.6 is 34.7 Å². The molecule has 5 heteroatoms. The van der Waals surface area contributed by atoms with Gasteiger partial charge in [0, 0.05) is 33.6 Å². The summed E-state index contributed by atoms with van der Waals surface area (Å²) in [6, 6.07) is 6.58. The van der Waals surface area contributed by atoms with Crippen molar-refractivity contribution in [3.63, 3.8) is 0 Å². The van der Waals surface area contributed by atoms with E-state index in [1.807, 2.05) is 24.0 Å². The molecule has 0 saturated carbocycles. The quantitative estimate of drug-likeness (QED) is 0.907. The van der Waals surface area contributed by atoms with Gasteiger partial charge in [-0.15, -0.1) is 23.1 Å². The van der Waals surface area contributed by atoms with Crippen molar-refractivity contribution in [2.45, 2.75) is 30.8 Å². The molecule has 1 aliphatic heterocycles. The molecule has 2 nitrogen and oxygen atoms in total. The Morgan fingerprint density at radius 3 is 3.16 bits per heavy atom. The van der Waals surface area contributed by atoms with Crippen molar-refractivity contribution < 1.29 is 0 Å². The topological polar surface area (TPSA) is 24.9 Å². The van der Waals surface area contributed by atoms with Crippen LogP contribution in [0, 0.1) is 6.92 Å². The first kappa shape index (κ1) is 13.4. The van der Waals surface area contributed by atoms with E-state index < -0.39 is 0 Å². The third-order valence-electron chi connectivity index (χ3n) is 3.18. The lowest BCUT2D eigenvalue weighted by atomic mass is 10.0. The first-order chi connectivity index (χ1) is 9.22. The number of aromatic nitrogens is 1. The maximum Gasteiger partial charge on any atom is 0.107 e. The Kier molecular flexibility index (Phi) is 4.12. The molecule has 0 aliphatic carbocycles. The normalized spacial score (nSPS) is 18.3. The number of fused-ring (bicyclic) bond motifs is 1. The van der Waals surface area contributed by atoms with Crippen LogP contribution in [0.3, 0.4) is 0 Å². The minimum absolute atomic E-state index is 0.388. The monoisotopic (exact) mass is 310 g/mol. The molecule has 1 aliphatic rings. The maximum absolute atomic E-state index is 6.12. The Balaban J connectivity index is 1.74. The van der Waals surface area contributed by atoms with Crippen molar-refractivity contribution in [3.8, 4) is 0 Å². The number of hydrogen-bond acceptors (Lipinski definition) is 4. The highest BCUT2D eigenvalue weighted by atomic mass is 35.5. The Morgan fingerprint density at radius 1 is 1.47 bits per heavy atom. The molecule has 19 heavy (non-hydrogen) atoms. The zero-order valence-electron chi connectivity index (χ0n) is 10.6. The van der Waals surface area contributed by atoms with Crippen LogP contribution < -0.4 is 5.32 Å². The van der Waals surface area contributed by atoms with Gasteiger partial charge >= 0.3 is 0 Å². The van der Waals surface area contributed by atoms with Crippen LogP contribution in [-0.4, -0.2) is 10.7 Å². The summed E-state index contributed by atoms with van der Waals surface area (Å²) in [5, 5.41) is 5.58. The van der Waals surface area contributed by atoms with Crippen LogP contribution in [0.1, 0.15) is 27.9 Å². The first-order valence-electron chi connectivity index (χ1n) is 6.29. The highest BCUT2D eigenvalue weighted by Gasteiger charge is 2.20. The maximum atomic E-state index is 6.12. The van der Waals surface area contributed by atoms with E-state index in [1.165, 1.54) is 15.3 Å². The van der Waals surface area contributed by atoms with Gasteiger partial charge in [0.15, 0.2) is 0 Å². The summed E-state index contributed by atoms with van der Waals surface area (Å²) in [5.74, 6) is 1.16. The van der Waals surface area contributed by atoms with Gasteiger partial charge in [-0.05, 0) is 42.9 Å². The highest BCUT2D eigenvalue weighted by Crippen LogP contribution is 2.37. The molecule has 0 bridgehead atoms. The second-order valence-electron chi connectivity index (χ2n) is 4.62. The smallest absolute Gasteiger partial charge is 0.107 e. The van der Waals surface area contributed by atoms with Gasteiger partial charge < -0.3 is 5.32 Å². The van der Waals surface area contributed by atoms with Crippen LogP contribution in [0.15, 0.2) is 29.3 Å². The summed E-state index contributed by atoms with van der Waals surface area (Å²) in [5.41, 5.74) is 1.33. The predicted octanol–water partition coefficient (Wildman–Crippen LogP) is 4.43.